The molecule has 0 aliphatic carbocycles. The van der Waals surface area contributed by atoms with Gasteiger partial charge in [0.2, 0.25) is 0 Å². The third kappa shape index (κ3) is 4.99. The molecule has 4 nitrogen and oxygen atoms in total. The van der Waals surface area contributed by atoms with E-state index in [9.17, 15) is 4.79 Å². The average molecular weight is 131 g/mol. The first-order chi connectivity index (χ1) is 4.16. The number of carboxylic acids is 1. The molecule has 0 saturated carbocycles. The van der Waals surface area contributed by atoms with Crippen molar-refractivity contribution in [2.75, 3.05) is 6.54 Å². The lowest BCUT2D eigenvalue weighted by atomic mass is 10.5. The molecular formula is C5H9NO3. The van der Waals surface area contributed by atoms with Gasteiger partial charge in [0.15, 0.2) is 0 Å². The number of aliphatic hydroxyl groups excluding tert-OH is 1. The number of aliphatic hydroxyl groups is 1. The Balaban J connectivity index is 3.26. The Morgan fingerprint density at radius 2 is 2.44 bits per heavy atom. The van der Waals surface area contributed by atoms with Crippen molar-refractivity contribution in [3.63, 3.8) is 0 Å². The highest BCUT2D eigenvalue weighted by molar-refractivity contribution is 5.69. The summed E-state index contributed by atoms with van der Waals surface area (Å²) in [6.45, 7) is 2.98. The minimum atomic E-state index is -1.00. The summed E-state index contributed by atoms with van der Waals surface area (Å²) in [4.78, 5) is 9.81. The summed E-state index contributed by atoms with van der Waals surface area (Å²) in [5.74, 6) is -1.00. The van der Waals surface area contributed by atoms with Gasteiger partial charge in [0.05, 0.1) is 6.54 Å². The molecule has 9 heavy (non-hydrogen) atoms. The molecule has 0 aliphatic rings. The van der Waals surface area contributed by atoms with Crippen molar-refractivity contribution < 1.29 is 15.0 Å². The number of rotatable bonds is 4. The van der Waals surface area contributed by atoms with Crippen LogP contribution in [0, 0.1) is 0 Å². The predicted octanol–water partition coefficient (Wildman–Crippen LogP) is -0.835. The van der Waals surface area contributed by atoms with Crippen molar-refractivity contribution in [2.24, 2.45) is 0 Å². The van der Waals surface area contributed by atoms with Crippen LogP contribution < -0.4 is 5.32 Å². The SMILES string of the molecule is C=CC(O)NCC(=O)O. The molecule has 0 aromatic heterocycles. The van der Waals surface area contributed by atoms with Crippen molar-refractivity contribution in [3.05, 3.63) is 12.7 Å². The van der Waals surface area contributed by atoms with E-state index in [1.807, 2.05) is 0 Å². The molecule has 0 spiro atoms. The second-order valence-electron chi connectivity index (χ2n) is 1.46. The smallest absolute Gasteiger partial charge is 0.317 e. The van der Waals surface area contributed by atoms with Crippen LogP contribution in [0.1, 0.15) is 0 Å². The van der Waals surface area contributed by atoms with E-state index >= 15 is 0 Å². The minimum absolute atomic E-state index is 0.257. The van der Waals surface area contributed by atoms with Crippen LogP contribution in [0.25, 0.3) is 0 Å². The number of carbonyl (C=O) groups is 1. The van der Waals surface area contributed by atoms with Crippen LogP contribution in [0.5, 0.6) is 0 Å². The van der Waals surface area contributed by atoms with Crippen LogP contribution in [0.3, 0.4) is 0 Å². The number of carboxylic acid groups (broad SMARTS) is 1. The van der Waals surface area contributed by atoms with Gasteiger partial charge in [0.1, 0.15) is 6.23 Å². The van der Waals surface area contributed by atoms with Crippen molar-refractivity contribution in [3.8, 4) is 0 Å². The Hall–Kier alpha value is -0.870. The van der Waals surface area contributed by atoms with E-state index in [2.05, 4.69) is 11.9 Å². The first-order valence-corrected chi connectivity index (χ1v) is 2.42. The van der Waals surface area contributed by atoms with E-state index in [4.69, 9.17) is 10.2 Å². The molecule has 0 heterocycles. The lowest BCUT2D eigenvalue weighted by molar-refractivity contribution is -0.136. The van der Waals surface area contributed by atoms with Crippen molar-refractivity contribution in [1.82, 2.24) is 5.32 Å². The van der Waals surface area contributed by atoms with E-state index < -0.39 is 12.2 Å². The standard InChI is InChI=1S/C5H9NO3/c1-2-4(7)6-3-5(8)9/h2,4,6-7H,1,3H2,(H,8,9). The fraction of sp³-hybridized carbons (Fsp3) is 0.400. The second-order valence-corrected chi connectivity index (χ2v) is 1.46. The lowest BCUT2D eigenvalue weighted by Crippen LogP contribution is -2.31. The van der Waals surface area contributed by atoms with E-state index in [1.165, 1.54) is 6.08 Å². The van der Waals surface area contributed by atoms with Gasteiger partial charge >= 0.3 is 5.97 Å². The average Bonchev–Trinajstić information content (AvgIpc) is 1.83. The minimum Gasteiger partial charge on any atom is -0.480 e. The van der Waals surface area contributed by atoms with Gasteiger partial charge in [-0.25, -0.2) is 0 Å². The predicted molar refractivity (Wildman–Crippen MR) is 31.8 cm³/mol. The monoisotopic (exact) mass is 131 g/mol. The fourth-order valence-electron chi connectivity index (χ4n) is 0.275. The Morgan fingerprint density at radius 3 is 2.78 bits per heavy atom. The molecule has 0 amide bonds. The highest BCUT2D eigenvalue weighted by Gasteiger charge is 1.98. The highest BCUT2D eigenvalue weighted by Crippen LogP contribution is 1.73. The maximum Gasteiger partial charge on any atom is 0.317 e. The topological polar surface area (TPSA) is 69.6 Å². The van der Waals surface area contributed by atoms with Crippen LogP contribution in [-0.2, 0) is 4.79 Å². The maximum absolute atomic E-state index is 9.81. The number of hydrogen-bond acceptors (Lipinski definition) is 3. The largest absolute Gasteiger partial charge is 0.480 e. The van der Waals surface area contributed by atoms with Crippen LogP contribution in [-0.4, -0.2) is 29.0 Å². The second kappa shape index (κ2) is 4.05. The van der Waals surface area contributed by atoms with E-state index in [1.54, 1.807) is 0 Å². The molecule has 0 aromatic carbocycles. The summed E-state index contributed by atoms with van der Waals surface area (Å²) >= 11 is 0. The Labute approximate surface area is 52.8 Å². The fourth-order valence-corrected chi connectivity index (χ4v) is 0.275. The maximum atomic E-state index is 9.81. The van der Waals surface area contributed by atoms with E-state index in [-0.39, 0.29) is 6.54 Å². The Kier molecular flexibility index (Phi) is 3.66. The van der Waals surface area contributed by atoms with Gasteiger partial charge in [-0.15, -0.1) is 0 Å². The number of hydrogen-bond donors (Lipinski definition) is 3. The third-order valence-electron chi connectivity index (χ3n) is 0.686. The van der Waals surface area contributed by atoms with Gasteiger partial charge in [-0.3, -0.25) is 10.1 Å². The zero-order chi connectivity index (χ0) is 7.28. The summed E-state index contributed by atoms with van der Waals surface area (Å²) in [5, 5.41) is 18.9. The normalized spacial score (nSPS) is 12.6. The molecule has 0 aliphatic heterocycles. The molecule has 0 aromatic rings. The van der Waals surface area contributed by atoms with Crippen LogP contribution >= 0.6 is 0 Å². The molecule has 4 heteroatoms. The molecule has 0 saturated heterocycles. The zero-order valence-corrected chi connectivity index (χ0v) is 4.87. The molecular weight excluding hydrogens is 122 g/mol. The molecule has 3 N–H and O–H groups in total. The number of aliphatic carboxylic acids is 1. The molecule has 1 unspecified atom stereocenters. The molecule has 0 rings (SSSR count). The van der Waals surface area contributed by atoms with Crippen LogP contribution in [0.2, 0.25) is 0 Å². The first kappa shape index (κ1) is 8.13. The summed E-state index contributed by atoms with van der Waals surface area (Å²) < 4.78 is 0. The lowest BCUT2D eigenvalue weighted by Gasteiger charge is -2.02. The Bertz CT molecular complexity index is 113. The highest BCUT2D eigenvalue weighted by atomic mass is 16.4. The summed E-state index contributed by atoms with van der Waals surface area (Å²) in [7, 11) is 0. The van der Waals surface area contributed by atoms with Crippen LogP contribution in [0.15, 0.2) is 12.7 Å². The van der Waals surface area contributed by atoms with Gasteiger partial charge in [-0.2, -0.15) is 0 Å². The van der Waals surface area contributed by atoms with Crippen molar-refractivity contribution in [1.29, 1.82) is 0 Å². The molecule has 1 atom stereocenters. The van der Waals surface area contributed by atoms with Gasteiger partial charge < -0.3 is 10.2 Å². The number of nitrogens with one attached hydrogen (secondary N) is 1. The summed E-state index contributed by atoms with van der Waals surface area (Å²) in [5.41, 5.74) is 0. The van der Waals surface area contributed by atoms with Gasteiger partial charge in [-0.1, -0.05) is 6.58 Å². The molecule has 0 fully saturated rings. The first-order valence-electron chi connectivity index (χ1n) is 2.42. The molecule has 0 bridgehead atoms. The van der Waals surface area contributed by atoms with E-state index in [0.717, 1.165) is 0 Å². The van der Waals surface area contributed by atoms with Gasteiger partial charge in [-0.05, 0) is 6.08 Å². The quantitative estimate of drug-likeness (QED) is 0.344. The van der Waals surface area contributed by atoms with Gasteiger partial charge in [0, 0.05) is 0 Å². The zero-order valence-electron chi connectivity index (χ0n) is 4.87. The Morgan fingerprint density at radius 1 is 1.89 bits per heavy atom. The molecule has 0 radical (unpaired) electrons. The van der Waals surface area contributed by atoms with Crippen molar-refractivity contribution >= 4 is 5.97 Å². The molecule has 52 valence electrons. The third-order valence-corrected chi connectivity index (χ3v) is 0.686. The van der Waals surface area contributed by atoms with E-state index in [0.29, 0.717) is 0 Å². The van der Waals surface area contributed by atoms with Gasteiger partial charge in [0.25, 0.3) is 0 Å². The van der Waals surface area contributed by atoms with Crippen LogP contribution in [0.4, 0.5) is 0 Å². The van der Waals surface area contributed by atoms with Crippen molar-refractivity contribution in [2.45, 2.75) is 6.23 Å². The summed E-state index contributed by atoms with van der Waals surface area (Å²) in [6, 6.07) is 0. The summed E-state index contributed by atoms with van der Waals surface area (Å²) in [6.07, 6.45) is 0.282.